The van der Waals surface area contributed by atoms with E-state index in [1.807, 2.05) is 0 Å². The summed E-state index contributed by atoms with van der Waals surface area (Å²) in [5.41, 5.74) is 0.558. The maximum atomic E-state index is 13.8. The summed E-state index contributed by atoms with van der Waals surface area (Å²) in [4.78, 5) is 43.0. The van der Waals surface area contributed by atoms with Gasteiger partial charge in [-0.25, -0.2) is 9.79 Å². The van der Waals surface area contributed by atoms with Gasteiger partial charge < -0.3 is 18.9 Å². The first-order chi connectivity index (χ1) is 18.2. The van der Waals surface area contributed by atoms with Crippen molar-refractivity contribution < 1.29 is 28.7 Å². The molecule has 0 fully saturated rings. The number of allylic oxidation sites excluding steroid dienone is 1. The van der Waals surface area contributed by atoms with Crippen LogP contribution in [0.25, 0.3) is 6.08 Å². The number of fused-ring (bicyclic) bond motifs is 1. The molecule has 0 saturated carbocycles. The lowest BCUT2D eigenvalue weighted by atomic mass is 9.95. The number of hydrogen-bond acceptors (Lipinski definition) is 10. The lowest BCUT2D eigenvalue weighted by molar-refractivity contribution is -0.385. The number of para-hydroxylation sites is 1. The number of nitrogens with zero attached hydrogens (tertiary/aromatic N) is 3. The molecule has 0 N–H and O–H groups in total. The molecule has 1 unspecified atom stereocenters. The van der Waals surface area contributed by atoms with E-state index in [9.17, 15) is 19.7 Å². The summed E-state index contributed by atoms with van der Waals surface area (Å²) >= 11 is 1.05. The molecule has 12 heteroatoms. The lowest BCUT2D eigenvalue weighted by Gasteiger charge is -2.25. The van der Waals surface area contributed by atoms with Crippen molar-refractivity contribution in [1.82, 2.24) is 4.57 Å². The minimum absolute atomic E-state index is 0.141. The van der Waals surface area contributed by atoms with E-state index in [4.69, 9.17) is 18.9 Å². The largest absolute Gasteiger partial charge is 0.496 e. The fourth-order valence-corrected chi connectivity index (χ4v) is 5.31. The molecule has 38 heavy (non-hydrogen) atoms. The predicted octanol–water partition coefficient (Wildman–Crippen LogP) is 2.73. The van der Waals surface area contributed by atoms with Gasteiger partial charge in [-0.1, -0.05) is 29.5 Å². The van der Waals surface area contributed by atoms with Gasteiger partial charge in [0.1, 0.15) is 11.8 Å². The lowest BCUT2D eigenvalue weighted by Crippen LogP contribution is -2.40. The molecule has 4 rings (SSSR count). The molecule has 198 valence electrons. The van der Waals surface area contributed by atoms with Gasteiger partial charge in [0.05, 0.1) is 60.3 Å². The van der Waals surface area contributed by atoms with Crippen LogP contribution in [0.15, 0.2) is 57.5 Å². The SMILES string of the molecule is CCOC(=O)C1=C(C)N=c2sc(=Cc3cc(OC)c(OC)cc3[N+](=O)[O-])c(=O)n2C1c1ccccc1OC. The topological polar surface area (TPSA) is 131 Å². The van der Waals surface area contributed by atoms with Gasteiger partial charge in [-0.3, -0.25) is 19.5 Å². The Morgan fingerprint density at radius 3 is 2.42 bits per heavy atom. The summed E-state index contributed by atoms with van der Waals surface area (Å²) in [6, 6.07) is 8.84. The first-order valence-corrected chi connectivity index (χ1v) is 12.3. The summed E-state index contributed by atoms with van der Waals surface area (Å²) in [7, 11) is 4.29. The molecule has 1 aliphatic rings. The second kappa shape index (κ2) is 10.9. The molecule has 0 spiro atoms. The summed E-state index contributed by atoms with van der Waals surface area (Å²) in [6.07, 6.45) is 1.41. The van der Waals surface area contributed by atoms with Crippen molar-refractivity contribution in [2.24, 2.45) is 4.99 Å². The molecule has 0 amide bonds. The summed E-state index contributed by atoms with van der Waals surface area (Å²) in [6.45, 7) is 3.50. The number of nitro groups is 1. The summed E-state index contributed by atoms with van der Waals surface area (Å²) < 4.78 is 22.9. The van der Waals surface area contributed by atoms with Crippen molar-refractivity contribution in [3.05, 3.63) is 88.6 Å². The van der Waals surface area contributed by atoms with Gasteiger partial charge in [0.15, 0.2) is 16.3 Å². The van der Waals surface area contributed by atoms with Crippen molar-refractivity contribution in [2.45, 2.75) is 19.9 Å². The normalized spacial score (nSPS) is 15.0. The van der Waals surface area contributed by atoms with Crippen molar-refractivity contribution in [3.8, 4) is 17.2 Å². The van der Waals surface area contributed by atoms with Crippen LogP contribution in [0.4, 0.5) is 5.69 Å². The Bertz CT molecular complexity index is 1640. The predicted molar refractivity (Wildman–Crippen MR) is 140 cm³/mol. The number of hydrogen-bond donors (Lipinski definition) is 0. The number of methoxy groups -OCH3 is 3. The zero-order valence-corrected chi connectivity index (χ0v) is 22.2. The highest BCUT2D eigenvalue weighted by Crippen LogP contribution is 2.36. The van der Waals surface area contributed by atoms with Gasteiger partial charge in [0.25, 0.3) is 11.2 Å². The van der Waals surface area contributed by atoms with Crippen LogP contribution in [0, 0.1) is 10.1 Å². The zero-order chi connectivity index (χ0) is 27.6. The number of ether oxygens (including phenoxy) is 4. The number of aromatic nitrogens is 1. The minimum Gasteiger partial charge on any atom is -0.496 e. The van der Waals surface area contributed by atoms with Gasteiger partial charge in [-0.2, -0.15) is 0 Å². The summed E-state index contributed by atoms with van der Waals surface area (Å²) in [5, 5.41) is 11.8. The standard InChI is InChI=1S/C26H25N3O8S/c1-6-37-25(31)22-14(2)27-26-28(23(22)16-9-7-8-10-18(16)34-3)24(30)21(38-26)12-15-11-19(35-4)20(36-5)13-17(15)29(32)33/h7-13,23H,6H2,1-5H3. The molecule has 2 heterocycles. The van der Waals surface area contributed by atoms with Crippen LogP contribution in [-0.4, -0.2) is 43.4 Å². The van der Waals surface area contributed by atoms with Gasteiger partial charge in [0.2, 0.25) is 0 Å². The van der Waals surface area contributed by atoms with E-state index in [0.29, 0.717) is 21.8 Å². The van der Waals surface area contributed by atoms with Crippen LogP contribution in [0.1, 0.15) is 31.0 Å². The highest BCUT2D eigenvalue weighted by Gasteiger charge is 2.35. The third kappa shape index (κ3) is 4.65. The van der Waals surface area contributed by atoms with Crippen LogP contribution in [-0.2, 0) is 9.53 Å². The van der Waals surface area contributed by atoms with Crippen molar-refractivity contribution in [2.75, 3.05) is 27.9 Å². The van der Waals surface area contributed by atoms with Gasteiger partial charge in [-0.15, -0.1) is 0 Å². The van der Waals surface area contributed by atoms with Gasteiger partial charge in [0, 0.05) is 5.56 Å². The van der Waals surface area contributed by atoms with Gasteiger partial charge >= 0.3 is 5.97 Å². The van der Waals surface area contributed by atoms with Gasteiger partial charge in [-0.05, 0) is 32.1 Å². The Morgan fingerprint density at radius 1 is 1.13 bits per heavy atom. The molecule has 0 saturated heterocycles. The molecule has 1 aliphatic heterocycles. The average Bonchev–Trinajstić information content (AvgIpc) is 3.21. The molecular formula is C26H25N3O8S. The fraction of sp³-hybridized carbons (Fsp3) is 0.269. The quantitative estimate of drug-likeness (QED) is 0.243. The monoisotopic (exact) mass is 539 g/mol. The van der Waals surface area contributed by atoms with E-state index in [0.717, 1.165) is 11.3 Å². The highest BCUT2D eigenvalue weighted by atomic mass is 32.1. The molecule has 1 atom stereocenters. The van der Waals surface area contributed by atoms with Crippen molar-refractivity contribution in [1.29, 1.82) is 0 Å². The molecule has 0 radical (unpaired) electrons. The maximum absolute atomic E-state index is 13.8. The maximum Gasteiger partial charge on any atom is 0.338 e. The number of benzene rings is 2. The molecule has 0 aliphatic carbocycles. The van der Waals surface area contributed by atoms with Crippen LogP contribution >= 0.6 is 11.3 Å². The van der Waals surface area contributed by atoms with E-state index in [1.54, 1.807) is 38.1 Å². The second-order valence-electron chi connectivity index (χ2n) is 8.07. The highest BCUT2D eigenvalue weighted by molar-refractivity contribution is 7.07. The third-order valence-corrected chi connectivity index (χ3v) is 6.95. The number of esters is 1. The first kappa shape index (κ1) is 26.6. The molecule has 0 bridgehead atoms. The van der Waals surface area contributed by atoms with Crippen LogP contribution in [0.3, 0.4) is 0 Å². The minimum atomic E-state index is -0.885. The number of carbonyl (C=O) groups excluding carboxylic acids is 1. The second-order valence-corrected chi connectivity index (χ2v) is 9.08. The van der Waals surface area contributed by atoms with Crippen LogP contribution in [0.2, 0.25) is 0 Å². The average molecular weight is 540 g/mol. The Morgan fingerprint density at radius 2 is 1.79 bits per heavy atom. The van der Waals surface area contributed by atoms with E-state index in [-0.39, 0.29) is 39.5 Å². The first-order valence-electron chi connectivity index (χ1n) is 11.5. The Balaban J connectivity index is 2.02. The van der Waals surface area contributed by atoms with E-state index in [1.165, 1.54) is 44.1 Å². The Hall–Kier alpha value is -4.45. The van der Waals surface area contributed by atoms with Crippen LogP contribution < -0.4 is 29.1 Å². The smallest absolute Gasteiger partial charge is 0.338 e. The van der Waals surface area contributed by atoms with Crippen molar-refractivity contribution in [3.63, 3.8) is 0 Å². The van der Waals surface area contributed by atoms with E-state index >= 15 is 0 Å². The number of thiazole rings is 1. The zero-order valence-electron chi connectivity index (χ0n) is 21.3. The molecule has 11 nitrogen and oxygen atoms in total. The molecule has 1 aromatic heterocycles. The molecular weight excluding hydrogens is 514 g/mol. The fourth-order valence-electron chi connectivity index (χ4n) is 4.28. The van der Waals surface area contributed by atoms with Crippen molar-refractivity contribution >= 4 is 29.1 Å². The Labute approximate surface area is 221 Å². The number of rotatable bonds is 8. The molecule has 2 aromatic carbocycles. The van der Waals surface area contributed by atoms with E-state index in [2.05, 4.69) is 4.99 Å². The third-order valence-electron chi connectivity index (χ3n) is 5.97. The number of nitro benzene ring substituents is 1. The van der Waals surface area contributed by atoms with Crippen LogP contribution in [0.5, 0.6) is 17.2 Å². The number of carbonyl (C=O) groups is 1. The Kier molecular flexibility index (Phi) is 7.62. The molecule has 3 aromatic rings. The summed E-state index contributed by atoms with van der Waals surface area (Å²) in [5.74, 6) is 0.321. The van der Waals surface area contributed by atoms with E-state index < -0.39 is 22.5 Å².